The first kappa shape index (κ1) is 23.6. The molecule has 2 aromatic rings. The van der Waals surface area contributed by atoms with Crippen molar-refractivity contribution in [2.75, 3.05) is 20.2 Å². The van der Waals surface area contributed by atoms with Gasteiger partial charge in [-0.25, -0.2) is 9.59 Å². The number of amides is 4. The minimum Gasteiger partial charge on any atom is -0.496 e. The Kier molecular flexibility index (Phi) is 6.26. The number of rotatable bonds is 6. The maximum atomic E-state index is 13.3. The van der Waals surface area contributed by atoms with Gasteiger partial charge < -0.3 is 24.9 Å². The third-order valence-electron chi connectivity index (χ3n) is 6.31. The van der Waals surface area contributed by atoms with Crippen LogP contribution in [-0.2, 0) is 21.5 Å². The lowest BCUT2D eigenvalue weighted by molar-refractivity contribution is -0.133. The van der Waals surface area contributed by atoms with Gasteiger partial charge in [0.25, 0.3) is 0 Å². The molecular formula is C23H24ClN3O7. The highest BCUT2D eigenvalue weighted by molar-refractivity contribution is 6.30. The maximum Gasteiger partial charge on any atom is 0.371 e. The minimum atomic E-state index is -1.22. The lowest BCUT2D eigenvalue weighted by atomic mass is 9.97. The third kappa shape index (κ3) is 4.45. The molecule has 4 rings (SSSR count). The number of ether oxygens (including phenoxy) is 1. The van der Waals surface area contributed by atoms with Gasteiger partial charge in [-0.1, -0.05) is 18.5 Å². The highest BCUT2D eigenvalue weighted by Crippen LogP contribution is 2.52. The predicted molar refractivity (Wildman–Crippen MR) is 120 cm³/mol. The summed E-state index contributed by atoms with van der Waals surface area (Å²) in [5, 5.41) is 15.1. The molecule has 0 spiro atoms. The van der Waals surface area contributed by atoms with Crippen LogP contribution in [0.5, 0.6) is 5.75 Å². The summed E-state index contributed by atoms with van der Waals surface area (Å²) in [7, 11) is 1.50. The first-order chi connectivity index (χ1) is 16.1. The van der Waals surface area contributed by atoms with Gasteiger partial charge in [0, 0.05) is 11.6 Å². The van der Waals surface area contributed by atoms with Crippen LogP contribution >= 0.6 is 11.6 Å². The Hall–Kier alpha value is -3.53. The zero-order valence-electron chi connectivity index (χ0n) is 18.6. The Labute approximate surface area is 200 Å². The topological polar surface area (TPSA) is 138 Å². The second-order valence-electron chi connectivity index (χ2n) is 8.56. The number of methoxy groups -OCH3 is 1. The van der Waals surface area contributed by atoms with E-state index >= 15 is 0 Å². The lowest BCUT2D eigenvalue weighted by Crippen LogP contribution is -2.51. The van der Waals surface area contributed by atoms with E-state index in [-0.39, 0.29) is 30.4 Å². The molecule has 3 N–H and O–H groups in total. The van der Waals surface area contributed by atoms with Crippen LogP contribution in [0.1, 0.15) is 35.2 Å². The molecule has 2 aliphatic rings. The normalized spacial score (nSPS) is 24.3. The minimum absolute atomic E-state index is 0.0494. The van der Waals surface area contributed by atoms with Crippen LogP contribution in [0.3, 0.4) is 0 Å². The third-order valence-corrected chi connectivity index (χ3v) is 6.55. The van der Waals surface area contributed by atoms with Crippen LogP contribution in [0.15, 0.2) is 34.7 Å². The quantitative estimate of drug-likeness (QED) is 0.566. The molecule has 11 heteroatoms. The number of furan rings is 1. The number of nitrogens with one attached hydrogen (secondary N) is 2. The van der Waals surface area contributed by atoms with Crippen molar-refractivity contribution in [2.45, 2.75) is 25.3 Å². The molecule has 1 aromatic heterocycles. The zero-order chi connectivity index (χ0) is 24.6. The number of imide groups is 1. The maximum absolute atomic E-state index is 13.3. The van der Waals surface area contributed by atoms with Crippen molar-refractivity contribution in [3.8, 4) is 5.75 Å². The summed E-state index contributed by atoms with van der Waals surface area (Å²) in [5.41, 5.74) is -0.270. The van der Waals surface area contributed by atoms with E-state index in [0.29, 0.717) is 22.8 Å². The fourth-order valence-electron chi connectivity index (χ4n) is 4.28. The number of carbonyl (C=O) groups excluding carboxylic acids is 3. The second kappa shape index (κ2) is 9.02. The monoisotopic (exact) mass is 489 g/mol. The van der Waals surface area contributed by atoms with E-state index in [1.807, 2.05) is 6.92 Å². The number of hydrogen-bond donors (Lipinski definition) is 3. The molecule has 0 radical (unpaired) electrons. The molecular weight excluding hydrogens is 466 g/mol. The van der Waals surface area contributed by atoms with E-state index in [1.54, 1.807) is 18.2 Å². The summed E-state index contributed by atoms with van der Waals surface area (Å²) >= 11 is 6.10. The van der Waals surface area contributed by atoms with Gasteiger partial charge in [-0.2, -0.15) is 0 Å². The van der Waals surface area contributed by atoms with Gasteiger partial charge in [0.2, 0.25) is 17.6 Å². The smallest absolute Gasteiger partial charge is 0.371 e. The predicted octanol–water partition coefficient (Wildman–Crippen LogP) is 2.40. The Bertz CT molecular complexity index is 1160. The van der Waals surface area contributed by atoms with Gasteiger partial charge in [0.05, 0.1) is 13.0 Å². The molecule has 2 fully saturated rings. The SMILES string of the molecule is COc1ccc(Cl)cc1C[C@@H]1CNC(=O)CN(C(=O)NC2(c3ccc(C(=O)O)o3)CC2C)C1=O. The molecule has 2 unspecified atom stereocenters. The number of hydrogen-bond acceptors (Lipinski definition) is 6. The Morgan fingerprint density at radius 1 is 1.32 bits per heavy atom. The number of halogens is 1. The molecule has 1 saturated heterocycles. The summed E-state index contributed by atoms with van der Waals surface area (Å²) in [6.45, 7) is 1.49. The average molecular weight is 490 g/mol. The van der Waals surface area contributed by atoms with Gasteiger partial charge in [-0.3, -0.25) is 14.5 Å². The van der Waals surface area contributed by atoms with E-state index in [0.717, 1.165) is 4.90 Å². The van der Waals surface area contributed by atoms with Gasteiger partial charge in [-0.15, -0.1) is 0 Å². The summed E-state index contributed by atoms with van der Waals surface area (Å²) < 4.78 is 10.8. The number of urea groups is 1. The molecule has 4 amide bonds. The summed E-state index contributed by atoms with van der Waals surface area (Å²) in [6, 6.07) is 7.11. The fourth-order valence-corrected chi connectivity index (χ4v) is 4.47. The fraction of sp³-hybridized carbons (Fsp3) is 0.391. The van der Waals surface area contributed by atoms with Crippen LogP contribution < -0.4 is 15.4 Å². The average Bonchev–Trinajstić information content (AvgIpc) is 3.22. The van der Waals surface area contributed by atoms with Crippen LogP contribution in [0.4, 0.5) is 4.79 Å². The van der Waals surface area contributed by atoms with E-state index in [9.17, 15) is 19.2 Å². The number of carboxylic acid groups (broad SMARTS) is 1. The number of aromatic carboxylic acids is 1. The van der Waals surface area contributed by atoms with E-state index in [2.05, 4.69) is 10.6 Å². The van der Waals surface area contributed by atoms with E-state index in [1.165, 1.54) is 19.2 Å². The van der Waals surface area contributed by atoms with Crippen LogP contribution in [-0.4, -0.2) is 54.0 Å². The molecule has 0 bridgehead atoms. The van der Waals surface area contributed by atoms with E-state index < -0.39 is 41.8 Å². The van der Waals surface area contributed by atoms with Crippen molar-refractivity contribution in [1.29, 1.82) is 0 Å². The number of benzene rings is 1. The van der Waals surface area contributed by atoms with Gasteiger partial charge in [0.15, 0.2) is 0 Å². The number of nitrogens with zero attached hydrogens (tertiary/aromatic N) is 1. The first-order valence-corrected chi connectivity index (χ1v) is 11.1. The Morgan fingerprint density at radius 3 is 2.68 bits per heavy atom. The largest absolute Gasteiger partial charge is 0.496 e. The lowest BCUT2D eigenvalue weighted by Gasteiger charge is -2.25. The van der Waals surface area contributed by atoms with Crippen molar-refractivity contribution in [3.63, 3.8) is 0 Å². The standard InChI is InChI=1S/C23H24ClN3O7/c1-12-9-23(12,18-6-5-17(34-18)21(30)31)26-22(32)27-11-19(28)25-10-14(20(27)29)7-13-8-15(24)3-4-16(13)33-2/h3-6,8,12,14H,7,9-11H2,1-2H3,(H,25,28)(H,26,32)(H,30,31)/t12?,14-,23?/m1/s1. The van der Waals surface area contributed by atoms with E-state index in [4.69, 9.17) is 25.9 Å². The highest BCUT2D eigenvalue weighted by Gasteiger charge is 2.57. The van der Waals surface area contributed by atoms with Crippen molar-refractivity contribution in [3.05, 3.63) is 52.4 Å². The highest BCUT2D eigenvalue weighted by atomic mass is 35.5. The van der Waals surface area contributed by atoms with Crippen LogP contribution in [0, 0.1) is 11.8 Å². The van der Waals surface area contributed by atoms with Crippen molar-refractivity contribution in [2.24, 2.45) is 11.8 Å². The van der Waals surface area contributed by atoms with Gasteiger partial charge >= 0.3 is 12.0 Å². The molecule has 1 saturated carbocycles. The molecule has 180 valence electrons. The molecule has 1 aliphatic carbocycles. The molecule has 10 nitrogen and oxygen atoms in total. The Balaban J connectivity index is 1.55. The van der Waals surface area contributed by atoms with Gasteiger partial charge in [-0.05, 0) is 54.7 Å². The summed E-state index contributed by atoms with van der Waals surface area (Å²) in [6.07, 6.45) is 0.705. The molecule has 1 aliphatic heterocycles. The molecule has 2 heterocycles. The second-order valence-corrected chi connectivity index (χ2v) is 9.00. The molecule has 34 heavy (non-hydrogen) atoms. The van der Waals surface area contributed by atoms with Crippen molar-refractivity contribution < 1.29 is 33.4 Å². The summed E-state index contributed by atoms with van der Waals surface area (Å²) in [5.74, 6) is -2.39. The number of carboxylic acids is 1. The van der Waals surface area contributed by atoms with Crippen LogP contribution in [0.25, 0.3) is 0 Å². The zero-order valence-corrected chi connectivity index (χ0v) is 19.3. The van der Waals surface area contributed by atoms with Gasteiger partial charge in [0.1, 0.15) is 23.6 Å². The van der Waals surface area contributed by atoms with Crippen molar-refractivity contribution in [1.82, 2.24) is 15.5 Å². The van der Waals surface area contributed by atoms with Crippen LogP contribution in [0.2, 0.25) is 5.02 Å². The molecule has 1 aromatic carbocycles. The first-order valence-electron chi connectivity index (χ1n) is 10.7. The number of carbonyl (C=O) groups is 4. The van der Waals surface area contributed by atoms with Crippen molar-refractivity contribution >= 4 is 35.4 Å². The summed E-state index contributed by atoms with van der Waals surface area (Å²) in [4.78, 5) is 50.9. The molecule has 3 atom stereocenters. The Morgan fingerprint density at radius 2 is 2.06 bits per heavy atom.